The van der Waals surface area contributed by atoms with Crippen LogP contribution in [-0.2, 0) is 4.79 Å². The molecular weight excluding hydrogens is 249 g/mol. The lowest BCUT2D eigenvalue weighted by atomic mass is 10.3. The normalized spacial score (nSPS) is 11.8. The van der Waals surface area contributed by atoms with E-state index in [-0.39, 0.29) is 11.7 Å². The number of nitrogens with zero attached hydrogens (tertiary/aromatic N) is 2. The van der Waals surface area contributed by atoms with E-state index in [0.29, 0.717) is 19.0 Å². The summed E-state index contributed by atoms with van der Waals surface area (Å²) in [7, 11) is 0. The Hall–Kier alpha value is -1.92. The summed E-state index contributed by atoms with van der Waals surface area (Å²) in [5, 5.41) is 8.34. The van der Waals surface area contributed by atoms with Crippen molar-refractivity contribution in [2.75, 3.05) is 23.7 Å². The van der Waals surface area contributed by atoms with Crippen LogP contribution in [0.5, 0.6) is 0 Å². The molecular formula is C12H20FN5O. The molecule has 0 aliphatic carbocycles. The zero-order valence-corrected chi connectivity index (χ0v) is 11.5. The Labute approximate surface area is 112 Å². The van der Waals surface area contributed by atoms with Gasteiger partial charge in [-0.05, 0) is 20.3 Å². The van der Waals surface area contributed by atoms with Gasteiger partial charge >= 0.3 is 0 Å². The zero-order chi connectivity index (χ0) is 14.3. The predicted molar refractivity (Wildman–Crippen MR) is 72.5 cm³/mol. The monoisotopic (exact) mass is 269 g/mol. The molecule has 106 valence electrons. The third kappa shape index (κ3) is 4.69. The molecule has 0 spiro atoms. The molecule has 0 aliphatic heterocycles. The molecule has 0 saturated heterocycles. The summed E-state index contributed by atoms with van der Waals surface area (Å²) in [6, 6.07) is -0.566. The first kappa shape index (κ1) is 15.1. The lowest BCUT2D eigenvalue weighted by Crippen LogP contribution is -2.37. The number of amides is 1. The first-order chi connectivity index (χ1) is 9.08. The summed E-state index contributed by atoms with van der Waals surface area (Å²) in [6.45, 7) is 6.71. The van der Waals surface area contributed by atoms with Gasteiger partial charge in [-0.1, -0.05) is 6.92 Å². The number of hydrogen-bond acceptors (Lipinski definition) is 5. The molecule has 3 N–H and O–H groups in total. The van der Waals surface area contributed by atoms with Gasteiger partial charge in [0.1, 0.15) is 6.04 Å². The van der Waals surface area contributed by atoms with Gasteiger partial charge in [0.15, 0.2) is 11.6 Å². The molecule has 0 radical (unpaired) electrons. The summed E-state index contributed by atoms with van der Waals surface area (Å²) in [5.41, 5.74) is 0. The van der Waals surface area contributed by atoms with E-state index in [2.05, 4.69) is 25.9 Å². The van der Waals surface area contributed by atoms with Crippen LogP contribution in [0, 0.1) is 5.82 Å². The van der Waals surface area contributed by atoms with Crippen LogP contribution in [-0.4, -0.2) is 35.0 Å². The Bertz CT molecular complexity index is 427. The maximum absolute atomic E-state index is 13.6. The quantitative estimate of drug-likeness (QED) is 0.697. The maximum Gasteiger partial charge on any atom is 0.242 e. The van der Waals surface area contributed by atoms with Crippen molar-refractivity contribution in [1.29, 1.82) is 0 Å². The van der Waals surface area contributed by atoms with Crippen molar-refractivity contribution in [2.45, 2.75) is 33.2 Å². The highest BCUT2D eigenvalue weighted by molar-refractivity contribution is 5.83. The van der Waals surface area contributed by atoms with Crippen LogP contribution in [0.3, 0.4) is 0 Å². The Kier molecular flexibility index (Phi) is 5.98. The molecule has 0 saturated carbocycles. The number of halogens is 1. The van der Waals surface area contributed by atoms with Crippen LogP contribution in [0.4, 0.5) is 16.2 Å². The molecule has 7 heteroatoms. The SMILES string of the molecule is CCCNc1ncc(F)c(NC(C)C(=O)NCC)n1. The predicted octanol–water partition coefficient (Wildman–Crippen LogP) is 1.37. The van der Waals surface area contributed by atoms with E-state index in [9.17, 15) is 9.18 Å². The highest BCUT2D eigenvalue weighted by Gasteiger charge is 2.15. The molecule has 0 aromatic carbocycles. The molecule has 1 unspecified atom stereocenters. The summed E-state index contributed by atoms with van der Waals surface area (Å²) >= 11 is 0. The average Bonchev–Trinajstić information content (AvgIpc) is 2.39. The van der Waals surface area contributed by atoms with Crippen LogP contribution in [0.2, 0.25) is 0 Å². The second kappa shape index (κ2) is 7.50. The molecule has 1 rings (SSSR count). The van der Waals surface area contributed by atoms with Crippen molar-refractivity contribution in [3.8, 4) is 0 Å². The molecule has 0 bridgehead atoms. The zero-order valence-electron chi connectivity index (χ0n) is 11.5. The van der Waals surface area contributed by atoms with E-state index < -0.39 is 11.9 Å². The van der Waals surface area contributed by atoms with Crippen LogP contribution < -0.4 is 16.0 Å². The third-order valence-electron chi connectivity index (χ3n) is 2.37. The fourth-order valence-electron chi connectivity index (χ4n) is 1.39. The molecule has 1 aromatic rings. The van der Waals surface area contributed by atoms with Gasteiger partial charge < -0.3 is 16.0 Å². The van der Waals surface area contributed by atoms with Crippen molar-refractivity contribution < 1.29 is 9.18 Å². The van der Waals surface area contributed by atoms with Crippen molar-refractivity contribution >= 4 is 17.7 Å². The van der Waals surface area contributed by atoms with Gasteiger partial charge in [0.25, 0.3) is 0 Å². The fourth-order valence-corrected chi connectivity index (χ4v) is 1.39. The topological polar surface area (TPSA) is 78.9 Å². The molecule has 1 amide bonds. The highest BCUT2D eigenvalue weighted by Crippen LogP contribution is 2.13. The van der Waals surface area contributed by atoms with Gasteiger partial charge in [0.05, 0.1) is 6.20 Å². The second-order valence-corrected chi connectivity index (χ2v) is 4.08. The van der Waals surface area contributed by atoms with Crippen LogP contribution in [0.15, 0.2) is 6.20 Å². The minimum absolute atomic E-state index is 0.0207. The van der Waals surface area contributed by atoms with E-state index in [1.807, 2.05) is 13.8 Å². The Morgan fingerprint density at radius 2 is 2.21 bits per heavy atom. The van der Waals surface area contributed by atoms with Crippen LogP contribution >= 0.6 is 0 Å². The Morgan fingerprint density at radius 1 is 1.47 bits per heavy atom. The highest BCUT2D eigenvalue weighted by atomic mass is 19.1. The lowest BCUT2D eigenvalue weighted by molar-refractivity contribution is -0.121. The van der Waals surface area contributed by atoms with Gasteiger partial charge in [-0.2, -0.15) is 4.98 Å². The number of rotatable bonds is 7. The van der Waals surface area contributed by atoms with Gasteiger partial charge in [0.2, 0.25) is 11.9 Å². The molecule has 0 aliphatic rings. The van der Waals surface area contributed by atoms with Crippen molar-refractivity contribution in [2.24, 2.45) is 0 Å². The van der Waals surface area contributed by atoms with E-state index in [1.54, 1.807) is 6.92 Å². The van der Waals surface area contributed by atoms with E-state index in [1.165, 1.54) is 0 Å². The Balaban J connectivity index is 2.73. The number of carbonyl (C=O) groups is 1. The molecule has 1 aromatic heterocycles. The second-order valence-electron chi connectivity index (χ2n) is 4.08. The average molecular weight is 269 g/mol. The van der Waals surface area contributed by atoms with E-state index in [0.717, 1.165) is 12.6 Å². The van der Waals surface area contributed by atoms with Gasteiger partial charge in [-0.15, -0.1) is 0 Å². The third-order valence-corrected chi connectivity index (χ3v) is 2.37. The van der Waals surface area contributed by atoms with Gasteiger partial charge in [-0.3, -0.25) is 4.79 Å². The van der Waals surface area contributed by atoms with Crippen LogP contribution in [0.25, 0.3) is 0 Å². The number of likely N-dealkylation sites (N-methyl/N-ethyl adjacent to an activating group) is 1. The summed E-state index contributed by atoms with van der Waals surface area (Å²) < 4.78 is 13.6. The summed E-state index contributed by atoms with van der Waals surface area (Å²) in [5.74, 6) is -0.428. The minimum Gasteiger partial charge on any atom is -0.356 e. The number of nitrogens with one attached hydrogen (secondary N) is 3. The first-order valence-electron chi connectivity index (χ1n) is 6.39. The van der Waals surface area contributed by atoms with Crippen LogP contribution in [0.1, 0.15) is 27.2 Å². The summed E-state index contributed by atoms with van der Waals surface area (Å²) in [4.78, 5) is 19.4. The number of hydrogen-bond donors (Lipinski definition) is 3. The smallest absolute Gasteiger partial charge is 0.242 e. The fraction of sp³-hybridized carbons (Fsp3) is 0.583. The van der Waals surface area contributed by atoms with Crippen molar-refractivity contribution in [3.05, 3.63) is 12.0 Å². The molecule has 6 nitrogen and oxygen atoms in total. The minimum atomic E-state index is -0.585. The standard InChI is InChI=1S/C12H20FN5O/c1-4-6-15-12-16-7-9(13)10(18-12)17-8(3)11(19)14-5-2/h7-8H,4-6H2,1-3H3,(H,14,19)(H2,15,16,17,18). The lowest BCUT2D eigenvalue weighted by Gasteiger charge is -2.14. The molecule has 19 heavy (non-hydrogen) atoms. The van der Waals surface area contributed by atoms with Gasteiger partial charge in [0, 0.05) is 13.1 Å². The molecule has 1 atom stereocenters. The number of aromatic nitrogens is 2. The maximum atomic E-state index is 13.6. The first-order valence-corrected chi connectivity index (χ1v) is 6.39. The van der Waals surface area contributed by atoms with E-state index >= 15 is 0 Å². The van der Waals surface area contributed by atoms with E-state index in [4.69, 9.17) is 0 Å². The number of anilines is 2. The van der Waals surface area contributed by atoms with Gasteiger partial charge in [-0.25, -0.2) is 9.37 Å². The van der Waals surface area contributed by atoms with Crippen molar-refractivity contribution in [3.63, 3.8) is 0 Å². The Morgan fingerprint density at radius 3 is 2.84 bits per heavy atom. The molecule has 0 fully saturated rings. The summed E-state index contributed by atoms with van der Waals surface area (Å²) in [6.07, 6.45) is 2.00. The number of carbonyl (C=O) groups excluding carboxylic acids is 1. The largest absolute Gasteiger partial charge is 0.356 e. The van der Waals surface area contributed by atoms with Crippen molar-refractivity contribution in [1.82, 2.24) is 15.3 Å². The molecule has 1 heterocycles.